The molecule has 0 aliphatic heterocycles. The van der Waals surface area contributed by atoms with E-state index >= 15 is 0 Å². The fourth-order valence-electron chi connectivity index (χ4n) is 2.03. The molecule has 0 unspecified atom stereocenters. The molecule has 2 aromatic heterocycles. The van der Waals surface area contributed by atoms with Gasteiger partial charge in [0.15, 0.2) is 10.8 Å². The first-order valence-corrected chi connectivity index (χ1v) is 7.90. The number of rotatable bonds is 3. The molecule has 0 saturated carbocycles. The minimum Gasteiger partial charge on any atom is -0.296 e. The van der Waals surface area contributed by atoms with Crippen molar-refractivity contribution in [3.8, 4) is 0 Å². The Hall–Kier alpha value is -1.69. The lowest BCUT2D eigenvalue weighted by Crippen LogP contribution is -2.26. The highest BCUT2D eigenvalue weighted by Gasteiger charge is 2.23. The molecule has 2 aromatic rings. The highest BCUT2D eigenvalue weighted by molar-refractivity contribution is 7.13. The molecule has 0 atom stereocenters. The Labute approximate surface area is 129 Å². The maximum absolute atomic E-state index is 12.3. The minimum absolute atomic E-state index is 0.157. The lowest BCUT2D eigenvalue weighted by atomic mass is 10.1. The molecule has 6 heteroatoms. The monoisotopic (exact) mass is 306 g/mol. The summed E-state index contributed by atoms with van der Waals surface area (Å²) in [4.78, 5) is 16.6. The fraction of sp³-hybridized carbons (Fsp3) is 0.533. The molecule has 0 fully saturated rings. The Morgan fingerprint density at radius 3 is 2.48 bits per heavy atom. The van der Waals surface area contributed by atoms with Crippen molar-refractivity contribution >= 4 is 22.4 Å². The van der Waals surface area contributed by atoms with Gasteiger partial charge < -0.3 is 0 Å². The summed E-state index contributed by atoms with van der Waals surface area (Å²) in [5.74, 6) is 0.0923. The van der Waals surface area contributed by atoms with E-state index in [4.69, 9.17) is 0 Å². The van der Waals surface area contributed by atoms with Gasteiger partial charge in [0.05, 0.1) is 11.2 Å². The number of aryl methyl sites for hydroxylation is 1. The van der Waals surface area contributed by atoms with Crippen molar-refractivity contribution in [1.82, 2.24) is 14.8 Å². The summed E-state index contributed by atoms with van der Waals surface area (Å²) in [5, 5.41) is 9.80. The predicted molar refractivity (Wildman–Crippen MR) is 86.1 cm³/mol. The van der Waals surface area contributed by atoms with Crippen LogP contribution >= 0.6 is 11.3 Å². The molecular formula is C15H22N4OS. The van der Waals surface area contributed by atoms with Crippen molar-refractivity contribution in [3.05, 3.63) is 28.5 Å². The highest BCUT2D eigenvalue weighted by atomic mass is 32.1. The second kappa shape index (κ2) is 5.60. The molecule has 0 bridgehead atoms. The second-order valence-corrected chi connectivity index (χ2v) is 7.30. The Bertz CT molecular complexity index is 649. The summed E-state index contributed by atoms with van der Waals surface area (Å²) in [6, 6.07) is 1.87. The summed E-state index contributed by atoms with van der Waals surface area (Å²) in [6.45, 7) is 12.3. The number of hydrogen-bond acceptors (Lipinski definition) is 4. The standard InChI is InChI=1S/C15H22N4OS/c1-9(2)12-7-11(18-19(12)15(4,5)6)13(20)17-14-16-10(3)8-21-14/h7-9H,1-6H3,(H,16,17,20). The number of carbonyl (C=O) groups is 1. The lowest BCUT2D eigenvalue weighted by molar-refractivity contribution is 0.102. The van der Waals surface area contributed by atoms with Crippen LogP contribution in [0, 0.1) is 6.92 Å². The van der Waals surface area contributed by atoms with E-state index in [0.717, 1.165) is 11.4 Å². The van der Waals surface area contributed by atoms with Gasteiger partial charge in [0.1, 0.15) is 0 Å². The molecule has 21 heavy (non-hydrogen) atoms. The van der Waals surface area contributed by atoms with Gasteiger partial charge in [-0.3, -0.25) is 14.8 Å². The molecule has 0 aliphatic rings. The molecule has 0 aliphatic carbocycles. The van der Waals surface area contributed by atoms with Crippen molar-refractivity contribution in [3.63, 3.8) is 0 Å². The van der Waals surface area contributed by atoms with Gasteiger partial charge in [-0.05, 0) is 39.7 Å². The zero-order valence-corrected chi connectivity index (χ0v) is 14.2. The molecule has 0 saturated heterocycles. The average molecular weight is 306 g/mol. The smallest absolute Gasteiger partial charge is 0.277 e. The van der Waals surface area contributed by atoms with E-state index in [2.05, 4.69) is 50.0 Å². The SMILES string of the molecule is Cc1csc(NC(=O)c2cc(C(C)C)n(C(C)(C)C)n2)n1. The van der Waals surface area contributed by atoms with Crippen LogP contribution in [0.1, 0.15) is 62.4 Å². The van der Waals surface area contributed by atoms with Crippen LogP contribution in [0.25, 0.3) is 0 Å². The first-order chi connectivity index (χ1) is 9.68. The zero-order valence-electron chi connectivity index (χ0n) is 13.4. The largest absolute Gasteiger partial charge is 0.296 e. The van der Waals surface area contributed by atoms with Crippen molar-refractivity contribution in [2.24, 2.45) is 0 Å². The molecule has 1 amide bonds. The molecular weight excluding hydrogens is 284 g/mol. The van der Waals surface area contributed by atoms with Gasteiger partial charge in [0, 0.05) is 11.1 Å². The Balaban J connectivity index is 2.29. The average Bonchev–Trinajstić information content (AvgIpc) is 2.94. The lowest BCUT2D eigenvalue weighted by Gasteiger charge is -2.23. The quantitative estimate of drug-likeness (QED) is 0.938. The van der Waals surface area contributed by atoms with Crippen molar-refractivity contribution in [2.75, 3.05) is 5.32 Å². The predicted octanol–water partition coefficient (Wildman–Crippen LogP) is 3.78. The van der Waals surface area contributed by atoms with Gasteiger partial charge in [0.2, 0.25) is 0 Å². The van der Waals surface area contributed by atoms with Crippen molar-refractivity contribution in [2.45, 2.75) is 53.0 Å². The highest BCUT2D eigenvalue weighted by Crippen LogP contribution is 2.24. The number of amides is 1. The van der Waals surface area contributed by atoms with Crippen LogP contribution < -0.4 is 5.32 Å². The van der Waals surface area contributed by atoms with E-state index in [1.54, 1.807) is 0 Å². The number of carbonyl (C=O) groups excluding carboxylic acids is 1. The zero-order chi connectivity index (χ0) is 15.8. The molecule has 1 N–H and O–H groups in total. The van der Waals surface area contributed by atoms with Gasteiger partial charge in [-0.2, -0.15) is 5.10 Å². The number of nitrogens with zero attached hydrogens (tertiary/aromatic N) is 3. The van der Waals surface area contributed by atoms with E-state index in [-0.39, 0.29) is 11.4 Å². The van der Waals surface area contributed by atoms with E-state index in [1.807, 2.05) is 23.1 Å². The Morgan fingerprint density at radius 1 is 1.38 bits per heavy atom. The van der Waals surface area contributed by atoms with E-state index in [1.165, 1.54) is 11.3 Å². The van der Waals surface area contributed by atoms with Gasteiger partial charge in [-0.15, -0.1) is 11.3 Å². The third-order valence-electron chi connectivity index (χ3n) is 3.04. The van der Waals surface area contributed by atoms with Crippen LogP contribution in [0.15, 0.2) is 11.4 Å². The molecule has 114 valence electrons. The molecule has 5 nitrogen and oxygen atoms in total. The Kier molecular flexibility index (Phi) is 4.18. The van der Waals surface area contributed by atoms with E-state index in [9.17, 15) is 4.79 Å². The summed E-state index contributed by atoms with van der Waals surface area (Å²) in [6.07, 6.45) is 0. The van der Waals surface area contributed by atoms with Gasteiger partial charge in [0.25, 0.3) is 5.91 Å². The first kappa shape index (κ1) is 15.7. The molecule has 2 rings (SSSR count). The maximum atomic E-state index is 12.3. The summed E-state index contributed by atoms with van der Waals surface area (Å²) in [7, 11) is 0. The number of nitrogens with one attached hydrogen (secondary N) is 1. The Morgan fingerprint density at radius 2 is 2.05 bits per heavy atom. The van der Waals surface area contributed by atoms with Crippen LogP contribution in [0.4, 0.5) is 5.13 Å². The van der Waals surface area contributed by atoms with Gasteiger partial charge >= 0.3 is 0 Å². The third-order valence-corrected chi connectivity index (χ3v) is 3.91. The number of aromatic nitrogens is 3. The maximum Gasteiger partial charge on any atom is 0.277 e. The normalized spacial score (nSPS) is 12.0. The van der Waals surface area contributed by atoms with Crippen LogP contribution in [-0.4, -0.2) is 20.7 Å². The van der Waals surface area contributed by atoms with Crippen LogP contribution in [-0.2, 0) is 5.54 Å². The van der Waals surface area contributed by atoms with E-state index in [0.29, 0.717) is 16.7 Å². The third kappa shape index (κ3) is 3.50. The molecule has 0 aromatic carbocycles. The molecule has 0 radical (unpaired) electrons. The summed E-state index contributed by atoms with van der Waals surface area (Å²) < 4.78 is 1.93. The number of thiazole rings is 1. The van der Waals surface area contributed by atoms with Gasteiger partial charge in [-0.1, -0.05) is 13.8 Å². The van der Waals surface area contributed by atoms with Crippen molar-refractivity contribution in [1.29, 1.82) is 0 Å². The van der Waals surface area contributed by atoms with Gasteiger partial charge in [-0.25, -0.2) is 4.98 Å². The minimum atomic E-state index is -0.214. The van der Waals surface area contributed by atoms with E-state index < -0.39 is 0 Å². The van der Waals surface area contributed by atoms with Crippen LogP contribution in [0.2, 0.25) is 0 Å². The first-order valence-electron chi connectivity index (χ1n) is 7.02. The summed E-state index contributed by atoms with van der Waals surface area (Å²) >= 11 is 1.42. The topological polar surface area (TPSA) is 59.8 Å². The molecule has 0 spiro atoms. The number of hydrogen-bond donors (Lipinski definition) is 1. The molecule has 2 heterocycles. The fourth-order valence-corrected chi connectivity index (χ4v) is 2.71. The number of anilines is 1. The second-order valence-electron chi connectivity index (χ2n) is 6.44. The van der Waals surface area contributed by atoms with Crippen LogP contribution in [0.5, 0.6) is 0 Å². The van der Waals surface area contributed by atoms with Crippen LogP contribution in [0.3, 0.4) is 0 Å². The van der Waals surface area contributed by atoms with Crippen molar-refractivity contribution < 1.29 is 4.79 Å². The summed E-state index contributed by atoms with van der Waals surface area (Å²) in [5.41, 5.74) is 2.23.